The Hall–Kier alpha value is -9.36. The first-order valence-corrected chi connectivity index (χ1v) is 52.1. The minimum absolute atomic E-state index is 0.0115. The van der Waals surface area contributed by atoms with E-state index in [1.54, 1.807) is 133 Å². The summed E-state index contributed by atoms with van der Waals surface area (Å²) < 4.78 is 416. The monoisotopic (exact) mass is 1970 g/mol. The summed E-state index contributed by atoms with van der Waals surface area (Å²) in [5.74, 6) is -5.20. The van der Waals surface area contributed by atoms with Gasteiger partial charge in [0.15, 0.2) is 0 Å². The first-order chi connectivity index (χ1) is 87.9. The normalized spacial score (nSPS) is 25.8. The molecule has 0 spiro atoms. The van der Waals surface area contributed by atoms with Crippen LogP contribution in [0.3, 0.4) is 0 Å². The molecule has 18 rings (SSSR count). The van der Waals surface area contributed by atoms with E-state index in [9.17, 15) is 0 Å². The molecule has 0 unspecified atom stereocenters. The molecule has 6 saturated carbocycles. The Bertz CT molecular complexity index is 7890. The Balaban J connectivity index is 0.000000188. The lowest BCUT2D eigenvalue weighted by Gasteiger charge is -2.34. The van der Waals surface area contributed by atoms with Crippen LogP contribution in [-0.4, -0.2) is 0 Å². The van der Waals surface area contributed by atoms with E-state index in [1.807, 2.05) is 57.2 Å². The van der Waals surface area contributed by atoms with Crippen LogP contribution >= 0.6 is 0 Å². The second kappa shape index (κ2) is 46.6. The zero-order chi connectivity index (χ0) is 148. The van der Waals surface area contributed by atoms with E-state index in [0.717, 1.165) is 93.7 Å². The fraction of sp³-hybridized carbons (Fsp3) is 0.500. The molecule has 0 heterocycles. The van der Waals surface area contributed by atoms with Crippen molar-refractivity contribution in [3.05, 3.63) is 349 Å². The van der Waals surface area contributed by atoms with Gasteiger partial charge in [-0.15, -0.1) is 0 Å². The third-order valence-electron chi connectivity index (χ3n) is 32.9. The van der Waals surface area contributed by atoms with Crippen LogP contribution in [0.2, 0.25) is 0 Å². The van der Waals surface area contributed by atoms with Crippen molar-refractivity contribution < 1.29 is 69.9 Å². The Morgan fingerprint density at radius 1 is 0.153 bits per heavy atom. The van der Waals surface area contributed by atoms with Crippen molar-refractivity contribution in [2.45, 2.75) is 438 Å². The molecule has 0 radical (unpaired) electrons. The highest BCUT2D eigenvalue weighted by molar-refractivity contribution is 5.78. The maximum Gasteiger partial charge on any atom is 0.0352 e. The summed E-state index contributed by atoms with van der Waals surface area (Å²) >= 11 is 0. The highest BCUT2D eigenvalue weighted by Crippen LogP contribution is 2.52. The van der Waals surface area contributed by atoms with Crippen molar-refractivity contribution in [3.8, 4) is 66.8 Å². The maximum atomic E-state index is 9.05. The van der Waals surface area contributed by atoms with Gasteiger partial charge in [-0.1, -0.05) is 265 Å². The predicted molar refractivity (Wildman–Crippen MR) is 635 cm³/mol. The fourth-order valence-corrected chi connectivity index (χ4v) is 21.0. The summed E-state index contributed by atoms with van der Waals surface area (Å²) in [7, 11) is 0. The number of hydrogen-bond donors (Lipinski definition) is 0. The van der Waals surface area contributed by atoms with Gasteiger partial charge in [-0.25, -0.2) is 0 Å². The van der Waals surface area contributed by atoms with Crippen molar-refractivity contribution in [1.82, 2.24) is 0 Å². The lowest BCUT2D eigenvalue weighted by molar-refractivity contribution is 0.224. The molecule has 6 aliphatic rings. The number of aryl methyl sites for hydroxylation is 18. The Labute approximate surface area is 952 Å². The summed E-state index contributed by atoms with van der Waals surface area (Å²) in [5, 5.41) is 0. The minimum Gasteiger partial charge on any atom is -0.0599 e. The van der Waals surface area contributed by atoms with Gasteiger partial charge < -0.3 is 0 Å². The quantitative estimate of drug-likeness (QED) is 0.114. The molecule has 6 fully saturated rings. The van der Waals surface area contributed by atoms with E-state index >= 15 is 0 Å². The van der Waals surface area contributed by atoms with Crippen LogP contribution in [-0.2, 0) is 0 Å². The van der Waals surface area contributed by atoms with Crippen molar-refractivity contribution >= 4 is 0 Å². The number of rotatable bonds is 12. The fourth-order valence-electron chi connectivity index (χ4n) is 21.0. The number of hydrogen-bond acceptors (Lipinski definition) is 0. The van der Waals surface area contributed by atoms with Crippen LogP contribution in [0.5, 0.6) is 0 Å². The van der Waals surface area contributed by atoms with Gasteiger partial charge in [0.25, 0.3) is 0 Å². The summed E-state index contributed by atoms with van der Waals surface area (Å²) in [5.41, 5.74) is 14.2. The molecule has 0 aromatic heterocycles. The van der Waals surface area contributed by atoms with Gasteiger partial charge in [-0.3, -0.25) is 0 Å². The van der Waals surface area contributed by atoms with Crippen molar-refractivity contribution in [1.29, 1.82) is 0 Å². The zero-order valence-corrected chi connectivity index (χ0v) is 89.8. The van der Waals surface area contributed by atoms with Crippen molar-refractivity contribution in [2.75, 3.05) is 0 Å². The van der Waals surface area contributed by atoms with E-state index in [4.69, 9.17) is 69.9 Å². The summed E-state index contributed by atoms with van der Waals surface area (Å²) in [6, 6.07) is 48.4. The van der Waals surface area contributed by atoms with Crippen LogP contribution in [0.4, 0.5) is 0 Å². The molecule has 12 aromatic carbocycles. The van der Waals surface area contributed by atoms with E-state index in [2.05, 4.69) is 83.1 Å². The molecular weight excluding hydrogens is 1730 g/mol. The molecule has 0 atom stereocenters. The standard InChI is InChI=1S/6C24H32/c3*1-16-7-9-23(19(4)18(16)3)22-10-8-21(15-17(22)2)20-11-13-24(5,6)14-12-20;3*1-16-13-18(3)23(15-17(16)2)22-8-7-21(14-19(22)4)20-9-11-24(5,6)12-10-20/h3*7-10,15,20H,11-14H2,1-6H3;3*7-8,13-15,20H,9-12H2,1-6H3/i3*2D3,4D3,20D;3*2D3,3D3,4D3,20D. The van der Waals surface area contributed by atoms with Gasteiger partial charge in [-0.2, -0.15) is 0 Å². The lowest BCUT2D eigenvalue weighted by Crippen LogP contribution is -2.20. The van der Waals surface area contributed by atoms with Gasteiger partial charge >= 0.3 is 0 Å². The third kappa shape index (κ3) is 27.8. The molecule has 768 valence electrons. The molecule has 144 heavy (non-hydrogen) atoms. The van der Waals surface area contributed by atoms with E-state index in [-0.39, 0.29) is 149 Å². The Morgan fingerprint density at radius 2 is 0.306 bits per heavy atom. The largest absolute Gasteiger partial charge is 0.0599 e. The van der Waals surface area contributed by atoms with Crippen LogP contribution in [0, 0.1) is 198 Å². The summed E-state index contributed by atoms with van der Waals surface area (Å²) in [4.78, 5) is 0. The second-order valence-electron chi connectivity index (χ2n) is 47.1. The molecule has 0 N–H and O–H groups in total. The maximum absolute atomic E-state index is 9.05. The van der Waals surface area contributed by atoms with Crippen LogP contribution in [0.1, 0.15) is 509 Å². The van der Waals surface area contributed by atoms with Crippen molar-refractivity contribution in [2.24, 2.45) is 32.5 Å². The van der Waals surface area contributed by atoms with E-state index in [0.29, 0.717) is 177 Å². The van der Waals surface area contributed by atoms with Crippen LogP contribution in [0.25, 0.3) is 66.8 Å². The molecule has 6 aliphatic carbocycles. The molecule has 0 heteroatoms. The third-order valence-corrected chi connectivity index (χ3v) is 32.9. The van der Waals surface area contributed by atoms with E-state index < -0.39 is 138 Å². The molecule has 0 amide bonds. The molecular formula is C144H192. The average Bonchev–Trinajstić information content (AvgIpc) is 0.746. The Morgan fingerprint density at radius 3 is 0.465 bits per heavy atom. The molecule has 0 nitrogen and oxygen atoms in total. The van der Waals surface area contributed by atoms with Crippen LogP contribution < -0.4 is 0 Å². The van der Waals surface area contributed by atoms with Gasteiger partial charge in [0.2, 0.25) is 0 Å². The predicted octanol–water partition coefficient (Wildman–Crippen LogP) is 43.6. The van der Waals surface area contributed by atoms with E-state index in [1.165, 1.54) is 54.6 Å². The summed E-state index contributed by atoms with van der Waals surface area (Å²) in [6.45, 7) is 4.57. The summed E-state index contributed by atoms with van der Waals surface area (Å²) in [6.07, 6.45) is 18.4. The zero-order valence-electron chi connectivity index (χ0n) is 141. The molecule has 12 aromatic rings. The van der Waals surface area contributed by atoms with Crippen LogP contribution in [0.15, 0.2) is 182 Å². The SMILES string of the molecule is [2H]C([2H])([2H])c1cc(-c2ccc(C3([2H])CCC(C)(C)CC3)cc2C([2H])([2H])[2H])c(C([2H])([2H])[2H])cc1C.[2H]C([2H])([2H])c1cc(-c2ccc(C3([2H])CCC(C)(C)CC3)cc2C([2H])([2H])[2H])c(C([2H])([2H])[2H])cc1C.[2H]C([2H])([2H])c1cc(-c2ccc(C3([2H])CCC(C)(C)CC3)cc2C([2H])([2H])[2H])c(C([2H])([2H])[2H])cc1C.[2H]C([2H])([2H])c1cc(C2([2H])CCC(C)(C)CC2)ccc1-c1ccc(C)c(C)c1C([2H])([2H])[2H].[2H]C([2H])([2H])c1cc(C2([2H])CCC(C)(C)CC2)ccc1-c1ccc(C)c(C)c1C([2H])([2H])[2H].[2H]C([2H])([2H])c1cc(C2([2H])CCC(C)(C)CC2)ccc1-c1ccc(C)c(C)c1C([2H])([2H])[2H]. The van der Waals surface area contributed by atoms with Gasteiger partial charge in [0, 0.05) is 69.9 Å². The first-order valence-electron chi connectivity index (χ1n) is 77.6. The topological polar surface area (TPSA) is 0 Å². The highest BCUT2D eigenvalue weighted by atomic mass is 14.4. The average molecular weight is 1970 g/mol. The minimum atomic E-state index is -2.58. The number of benzene rings is 12. The highest BCUT2D eigenvalue weighted by Gasteiger charge is 2.35. The molecule has 0 aliphatic heterocycles. The molecule has 0 bridgehead atoms. The lowest BCUT2D eigenvalue weighted by atomic mass is 9.71. The van der Waals surface area contributed by atoms with Gasteiger partial charge in [0.05, 0.1) is 0 Å². The second-order valence-corrected chi connectivity index (χ2v) is 47.1. The Kier molecular flexibility index (Phi) is 19.9. The smallest absolute Gasteiger partial charge is 0.0352 e. The molecule has 0 saturated heterocycles. The van der Waals surface area contributed by atoms with Gasteiger partial charge in [-0.05, 0) is 621 Å². The van der Waals surface area contributed by atoms with Crippen molar-refractivity contribution in [3.63, 3.8) is 0 Å². The van der Waals surface area contributed by atoms with Gasteiger partial charge in [0.1, 0.15) is 0 Å². The first kappa shape index (κ1) is 61.6.